The SMILES string of the molecule is O=Cc1ccccc1.[CH2-]C(=O)Nc1ccccc1.[Fe]. The van der Waals surface area contributed by atoms with Crippen LogP contribution in [-0.4, -0.2) is 12.2 Å². The van der Waals surface area contributed by atoms with Crippen molar-refractivity contribution in [2.24, 2.45) is 0 Å². The van der Waals surface area contributed by atoms with E-state index in [0.29, 0.717) is 0 Å². The van der Waals surface area contributed by atoms with Crippen molar-refractivity contribution < 1.29 is 26.7 Å². The van der Waals surface area contributed by atoms with Crippen LogP contribution in [0.25, 0.3) is 0 Å². The summed E-state index contributed by atoms with van der Waals surface area (Å²) in [6, 6.07) is 18.3. The predicted molar refractivity (Wildman–Crippen MR) is 72.3 cm³/mol. The maximum absolute atomic E-state index is 10.4. The molecule has 0 radical (unpaired) electrons. The van der Waals surface area contributed by atoms with Crippen LogP contribution in [0.5, 0.6) is 0 Å². The molecule has 0 aliphatic heterocycles. The molecular formula is C15H14FeNO2-. The Hall–Kier alpha value is -2.03. The average Bonchev–Trinajstić information content (AvgIpc) is 2.41. The first-order valence-electron chi connectivity index (χ1n) is 5.40. The number of hydrogen-bond donors (Lipinski definition) is 1. The zero-order valence-electron chi connectivity index (χ0n) is 10.2. The van der Waals surface area contributed by atoms with Gasteiger partial charge in [0.25, 0.3) is 0 Å². The Bertz CT molecular complexity index is 486. The van der Waals surface area contributed by atoms with E-state index in [1.165, 1.54) is 0 Å². The third-order valence-corrected chi connectivity index (χ3v) is 1.99. The fraction of sp³-hybridized carbons (Fsp3) is 0. The van der Waals surface area contributed by atoms with Crippen LogP contribution < -0.4 is 5.32 Å². The minimum absolute atomic E-state index is 0. The van der Waals surface area contributed by atoms with Crippen molar-refractivity contribution in [3.8, 4) is 0 Å². The van der Waals surface area contributed by atoms with Crippen molar-refractivity contribution in [3.63, 3.8) is 0 Å². The van der Waals surface area contributed by atoms with Gasteiger partial charge in [0.05, 0.1) is 5.91 Å². The molecule has 1 N–H and O–H groups in total. The van der Waals surface area contributed by atoms with E-state index in [4.69, 9.17) is 0 Å². The topological polar surface area (TPSA) is 46.2 Å². The summed E-state index contributed by atoms with van der Waals surface area (Å²) < 4.78 is 0. The number of hydrogen-bond acceptors (Lipinski definition) is 2. The number of rotatable bonds is 2. The number of aldehydes is 1. The number of para-hydroxylation sites is 1. The number of amides is 1. The van der Waals surface area contributed by atoms with Crippen molar-refractivity contribution in [2.75, 3.05) is 5.32 Å². The van der Waals surface area contributed by atoms with E-state index >= 15 is 0 Å². The van der Waals surface area contributed by atoms with E-state index in [1.54, 1.807) is 12.1 Å². The molecule has 3 nitrogen and oxygen atoms in total. The molecule has 0 atom stereocenters. The molecule has 0 unspecified atom stereocenters. The first kappa shape index (κ1) is 17.0. The van der Waals surface area contributed by atoms with Crippen molar-refractivity contribution in [3.05, 3.63) is 73.2 Å². The zero-order chi connectivity index (χ0) is 13.2. The standard InChI is InChI=1S/C8H8NO.C7H6O.Fe/c1-7(10)9-8-5-3-2-4-6-8;8-6-7-4-2-1-3-5-7;/h2-6H,1H2,(H,9,10);1-6H;/q-1;;. The summed E-state index contributed by atoms with van der Waals surface area (Å²) >= 11 is 0. The third kappa shape index (κ3) is 7.81. The quantitative estimate of drug-likeness (QED) is 0.526. The molecule has 0 spiro atoms. The molecule has 2 rings (SSSR count). The third-order valence-electron chi connectivity index (χ3n) is 1.99. The van der Waals surface area contributed by atoms with Crippen molar-refractivity contribution in [1.82, 2.24) is 0 Å². The summed E-state index contributed by atoms with van der Waals surface area (Å²) in [5, 5.41) is 2.55. The Morgan fingerprint density at radius 1 is 0.947 bits per heavy atom. The van der Waals surface area contributed by atoms with E-state index in [1.807, 2.05) is 48.5 Å². The van der Waals surface area contributed by atoms with Gasteiger partial charge in [-0.3, -0.25) is 4.79 Å². The molecule has 0 aromatic heterocycles. The van der Waals surface area contributed by atoms with Crippen LogP contribution in [0.15, 0.2) is 60.7 Å². The molecule has 1 amide bonds. The molecule has 2 aromatic rings. The average molecular weight is 296 g/mol. The van der Waals surface area contributed by atoms with Gasteiger partial charge in [-0.2, -0.15) is 0 Å². The van der Waals surface area contributed by atoms with Gasteiger partial charge in [-0.15, -0.1) is 0 Å². The fourth-order valence-electron chi connectivity index (χ4n) is 1.21. The number of carbonyl (C=O) groups excluding carboxylic acids is 2. The van der Waals surface area contributed by atoms with Crippen LogP contribution in [0.1, 0.15) is 10.4 Å². The van der Waals surface area contributed by atoms with E-state index in [9.17, 15) is 9.59 Å². The first-order chi connectivity index (χ1) is 8.72. The van der Waals surface area contributed by atoms with Gasteiger partial charge in [-0.05, 0) is 12.1 Å². The van der Waals surface area contributed by atoms with Gasteiger partial charge in [-0.1, -0.05) is 48.5 Å². The molecule has 0 aliphatic carbocycles. The second kappa shape index (κ2) is 9.94. The molecular weight excluding hydrogens is 282 g/mol. The van der Waals surface area contributed by atoms with Crippen LogP contribution in [0.3, 0.4) is 0 Å². The summed E-state index contributed by atoms with van der Waals surface area (Å²) in [5.41, 5.74) is 1.51. The predicted octanol–water partition coefficient (Wildman–Crippen LogP) is 2.96. The minimum Gasteiger partial charge on any atom is -0.351 e. The van der Waals surface area contributed by atoms with Gasteiger partial charge in [0.2, 0.25) is 0 Å². The Morgan fingerprint density at radius 3 is 1.79 bits per heavy atom. The minimum atomic E-state index is -0.286. The molecule has 0 heterocycles. The van der Waals surface area contributed by atoms with Crippen LogP contribution in [0, 0.1) is 6.92 Å². The van der Waals surface area contributed by atoms with Crippen molar-refractivity contribution >= 4 is 17.9 Å². The summed E-state index contributed by atoms with van der Waals surface area (Å²) in [6.45, 7) is 3.18. The van der Waals surface area contributed by atoms with Gasteiger partial charge in [0.1, 0.15) is 6.29 Å². The summed E-state index contributed by atoms with van der Waals surface area (Å²) in [7, 11) is 0. The van der Waals surface area contributed by atoms with Crippen LogP contribution in [0.4, 0.5) is 5.69 Å². The van der Waals surface area contributed by atoms with E-state index in [2.05, 4.69) is 12.2 Å². The molecule has 0 fully saturated rings. The molecule has 19 heavy (non-hydrogen) atoms. The number of carbonyl (C=O) groups is 2. The monoisotopic (exact) mass is 296 g/mol. The normalized spacial score (nSPS) is 8.21. The van der Waals surface area contributed by atoms with Crippen molar-refractivity contribution in [2.45, 2.75) is 0 Å². The second-order valence-corrected chi connectivity index (χ2v) is 3.44. The summed E-state index contributed by atoms with van der Waals surface area (Å²) in [6.07, 6.45) is 0.833. The number of benzene rings is 2. The maximum atomic E-state index is 10.4. The van der Waals surface area contributed by atoms with E-state index < -0.39 is 0 Å². The number of nitrogens with one attached hydrogen (secondary N) is 1. The second-order valence-electron chi connectivity index (χ2n) is 3.44. The zero-order valence-corrected chi connectivity index (χ0v) is 11.3. The smallest absolute Gasteiger partial charge is 0.150 e. The Balaban J connectivity index is 0.000000331. The van der Waals surface area contributed by atoms with Gasteiger partial charge in [-0.25, -0.2) is 0 Å². The van der Waals surface area contributed by atoms with Crippen LogP contribution in [-0.2, 0) is 21.9 Å². The molecule has 0 bridgehead atoms. The first-order valence-corrected chi connectivity index (χ1v) is 5.40. The molecule has 4 heteroatoms. The summed E-state index contributed by atoms with van der Waals surface area (Å²) in [5.74, 6) is -0.286. The number of anilines is 1. The summed E-state index contributed by atoms with van der Waals surface area (Å²) in [4.78, 5) is 20.4. The fourth-order valence-corrected chi connectivity index (χ4v) is 1.21. The van der Waals surface area contributed by atoms with Gasteiger partial charge in [0.15, 0.2) is 0 Å². The Labute approximate surface area is 123 Å². The van der Waals surface area contributed by atoms with Gasteiger partial charge in [0, 0.05) is 28.3 Å². The van der Waals surface area contributed by atoms with E-state index in [-0.39, 0.29) is 23.0 Å². The molecule has 2 aromatic carbocycles. The van der Waals surface area contributed by atoms with E-state index in [0.717, 1.165) is 17.5 Å². The van der Waals surface area contributed by atoms with Gasteiger partial charge < -0.3 is 17.0 Å². The van der Waals surface area contributed by atoms with Crippen LogP contribution in [0.2, 0.25) is 0 Å². The van der Waals surface area contributed by atoms with Crippen LogP contribution >= 0.6 is 0 Å². The van der Waals surface area contributed by atoms with Gasteiger partial charge >= 0.3 is 0 Å². The molecule has 100 valence electrons. The molecule has 0 saturated carbocycles. The maximum Gasteiger partial charge on any atom is 0.150 e. The molecule has 0 saturated heterocycles. The molecule has 0 aliphatic rings. The Kier molecular flexibility index (Phi) is 8.88. The Morgan fingerprint density at radius 2 is 1.42 bits per heavy atom. The van der Waals surface area contributed by atoms with Crippen molar-refractivity contribution in [1.29, 1.82) is 0 Å². The largest absolute Gasteiger partial charge is 0.351 e.